The van der Waals surface area contributed by atoms with Crippen LogP contribution >= 0.6 is 0 Å². The molecular formula is C16H23N3O2. The summed E-state index contributed by atoms with van der Waals surface area (Å²) in [6.45, 7) is 10.7. The van der Waals surface area contributed by atoms with E-state index in [9.17, 15) is 4.79 Å². The predicted molar refractivity (Wildman–Crippen MR) is 83.6 cm³/mol. The van der Waals surface area contributed by atoms with Crippen molar-refractivity contribution in [1.82, 2.24) is 9.55 Å². The molecule has 0 aliphatic heterocycles. The monoisotopic (exact) mass is 289 g/mol. The molecular weight excluding hydrogens is 266 g/mol. The zero-order valence-corrected chi connectivity index (χ0v) is 13.3. The van der Waals surface area contributed by atoms with E-state index in [1.807, 2.05) is 26.8 Å². The van der Waals surface area contributed by atoms with Gasteiger partial charge in [0.15, 0.2) is 5.82 Å². The Bertz CT molecular complexity index is 670. The Balaban J connectivity index is 2.23. The minimum Gasteiger partial charge on any atom is -0.466 e. The second-order valence-electron chi connectivity index (χ2n) is 5.86. The molecule has 1 N–H and O–H groups in total. The van der Waals surface area contributed by atoms with Crippen LogP contribution in [0.5, 0.6) is 0 Å². The lowest BCUT2D eigenvalue weighted by atomic mass is 10.1. The van der Waals surface area contributed by atoms with E-state index in [2.05, 4.69) is 24.1 Å². The van der Waals surface area contributed by atoms with Crippen molar-refractivity contribution in [3.05, 3.63) is 45.9 Å². The van der Waals surface area contributed by atoms with Gasteiger partial charge in [-0.25, -0.2) is 4.98 Å². The van der Waals surface area contributed by atoms with E-state index >= 15 is 0 Å². The molecule has 2 rings (SSSR count). The minimum atomic E-state index is -0.0871. The SMILES string of the molecule is Cc1cc(C(C)Nc2nccn(CC(C)C)c2=O)c(C)o1. The van der Waals surface area contributed by atoms with Crippen LogP contribution in [-0.4, -0.2) is 9.55 Å². The average Bonchev–Trinajstić information content (AvgIpc) is 2.73. The third-order valence-corrected chi connectivity index (χ3v) is 3.37. The molecule has 0 fully saturated rings. The number of rotatable bonds is 5. The van der Waals surface area contributed by atoms with Crippen LogP contribution in [0.3, 0.4) is 0 Å². The molecule has 5 nitrogen and oxygen atoms in total. The lowest BCUT2D eigenvalue weighted by Gasteiger charge is -2.15. The quantitative estimate of drug-likeness (QED) is 0.917. The molecule has 0 saturated heterocycles. The Morgan fingerprint density at radius 3 is 2.62 bits per heavy atom. The standard InChI is InChI=1S/C16H23N3O2/c1-10(2)9-19-7-6-17-15(16(19)20)18-12(4)14-8-11(3)21-13(14)5/h6-8,10,12H,9H2,1-5H3,(H,17,18). The van der Waals surface area contributed by atoms with Gasteiger partial charge in [0.05, 0.1) is 6.04 Å². The summed E-state index contributed by atoms with van der Waals surface area (Å²) in [6.07, 6.45) is 3.39. The summed E-state index contributed by atoms with van der Waals surface area (Å²) in [5, 5.41) is 3.19. The van der Waals surface area contributed by atoms with Gasteiger partial charge in [-0.05, 0) is 32.8 Å². The molecule has 0 aliphatic rings. The van der Waals surface area contributed by atoms with Gasteiger partial charge in [0.2, 0.25) is 0 Å². The third kappa shape index (κ3) is 3.54. The van der Waals surface area contributed by atoms with Crippen LogP contribution < -0.4 is 10.9 Å². The zero-order chi connectivity index (χ0) is 15.6. The summed E-state index contributed by atoms with van der Waals surface area (Å²) >= 11 is 0. The van der Waals surface area contributed by atoms with Crippen molar-refractivity contribution in [2.24, 2.45) is 5.92 Å². The van der Waals surface area contributed by atoms with Crippen LogP contribution in [0.25, 0.3) is 0 Å². The van der Waals surface area contributed by atoms with Crippen LogP contribution in [-0.2, 0) is 6.54 Å². The Labute approximate surface area is 125 Å². The smallest absolute Gasteiger partial charge is 0.293 e. The van der Waals surface area contributed by atoms with Gasteiger partial charge in [-0.15, -0.1) is 0 Å². The molecule has 0 amide bonds. The van der Waals surface area contributed by atoms with Gasteiger partial charge in [0.1, 0.15) is 11.5 Å². The van der Waals surface area contributed by atoms with Crippen LogP contribution in [0.15, 0.2) is 27.7 Å². The molecule has 2 heterocycles. The molecule has 2 aromatic rings. The molecule has 0 aliphatic carbocycles. The van der Waals surface area contributed by atoms with E-state index in [-0.39, 0.29) is 11.6 Å². The van der Waals surface area contributed by atoms with E-state index in [0.717, 1.165) is 17.1 Å². The number of nitrogens with zero attached hydrogens (tertiary/aromatic N) is 2. The highest BCUT2D eigenvalue weighted by Gasteiger charge is 2.15. The summed E-state index contributed by atoms with van der Waals surface area (Å²) in [4.78, 5) is 16.5. The first-order valence-corrected chi connectivity index (χ1v) is 7.27. The number of aryl methyl sites for hydroxylation is 2. The Morgan fingerprint density at radius 1 is 1.33 bits per heavy atom. The van der Waals surface area contributed by atoms with Gasteiger partial charge in [0.25, 0.3) is 5.56 Å². The molecule has 2 aromatic heterocycles. The van der Waals surface area contributed by atoms with Gasteiger partial charge in [-0.3, -0.25) is 4.79 Å². The fourth-order valence-corrected chi connectivity index (χ4v) is 2.45. The summed E-state index contributed by atoms with van der Waals surface area (Å²) < 4.78 is 7.23. The lowest BCUT2D eigenvalue weighted by Crippen LogP contribution is -2.26. The van der Waals surface area contributed by atoms with Crippen molar-refractivity contribution >= 4 is 5.82 Å². The van der Waals surface area contributed by atoms with E-state index in [0.29, 0.717) is 18.3 Å². The number of aromatic nitrogens is 2. The van der Waals surface area contributed by atoms with Crippen molar-refractivity contribution in [1.29, 1.82) is 0 Å². The molecule has 0 saturated carbocycles. The van der Waals surface area contributed by atoms with Gasteiger partial charge in [0, 0.05) is 24.5 Å². The number of nitrogens with one attached hydrogen (secondary N) is 1. The van der Waals surface area contributed by atoms with Gasteiger partial charge in [-0.1, -0.05) is 13.8 Å². The third-order valence-electron chi connectivity index (χ3n) is 3.37. The molecule has 1 unspecified atom stereocenters. The molecule has 0 spiro atoms. The molecule has 114 valence electrons. The first-order valence-electron chi connectivity index (χ1n) is 7.27. The van der Waals surface area contributed by atoms with Crippen molar-refractivity contribution in [2.75, 3.05) is 5.32 Å². The minimum absolute atomic E-state index is 0.0300. The highest BCUT2D eigenvalue weighted by molar-refractivity contribution is 5.37. The van der Waals surface area contributed by atoms with Gasteiger partial charge >= 0.3 is 0 Å². The van der Waals surface area contributed by atoms with E-state index in [1.54, 1.807) is 17.0 Å². The van der Waals surface area contributed by atoms with Gasteiger partial charge in [-0.2, -0.15) is 0 Å². The molecule has 0 bridgehead atoms. The second-order valence-corrected chi connectivity index (χ2v) is 5.86. The molecule has 1 atom stereocenters. The molecule has 0 aromatic carbocycles. The summed E-state index contributed by atoms with van der Waals surface area (Å²) in [6, 6.07) is 1.96. The van der Waals surface area contributed by atoms with Crippen molar-refractivity contribution < 1.29 is 4.42 Å². The van der Waals surface area contributed by atoms with Crippen LogP contribution in [0, 0.1) is 19.8 Å². The van der Waals surface area contributed by atoms with Crippen LogP contribution in [0.1, 0.15) is 43.9 Å². The highest BCUT2D eigenvalue weighted by atomic mass is 16.3. The number of hydrogen-bond acceptors (Lipinski definition) is 4. The Hall–Kier alpha value is -2.04. The number of anilines is 1. The predicted octanol–water partition coefficient (Wildman–Crippen LogP) is 3.28. The zero-order valence-electron chi connectivity index (χ0n) is 13.3. The average molecular weight is 289 g/mol. The Kier molecular flexibility index (Phi) is 4.50. The van der Waals surface area contributed by atoms with Crippen molar-refractivity contribution in [3.8, 4) is 0 Å². The molecule has 0 radical (unpaired) electrons. The Morgan fingerprint density at radius 2 is 2.05 bits per heavy atom. The van der Waals surface area contributed by atoms with E-state index in [4.69, 9.17) is 4.42 Å². The highest BCUT2D eigenvalue weighted by Crippen LogP contribution is 2.23. The maximum Gasteiger partial charge on any atom is 0.293 e. The second kappa shape index (κ2) is 6.16. The summed E-state index contributed by atoms with van der Waals surface area (Å²) in [5.41, 5.74) is 0.962. The van der Waals surface area contributed by atoms with E-state index in [1.165, 1.54) is 0 Å². The molecule has 5 heteroatoms. The van der Waals surface area contributed by atoms with E-state index < -0.39 is 0 Å². The fourth-order valence-electron chi connectivity index (χ4n) is 2.45. The van der Waals surface area contributed by atoms with Gasteiger partial charge < -0.3 is 14.3 Å². The van der Waals surface area contributed by atoms with Crippen LogP contribution in [0.4, 0.5) is 5.82 Å². The topological polar surface area (TPSA) is 60.1 Å². The maximum absolute atomic E-state index is 12.4. The number of hydrogen-bond donors (Lipinski definition) is 1. The normalized spacial score (nSPS) is 12.7. The maximum atomic E-state index is 12.4. The summed E-state index contributed by atoms with van der Waals surface area (Å²) in [7, 11) is 0. The first-order chi connectivity index (χ1) is 9.88. The fraction of sp³-hybridized carbons (Fsp3) is 0.500. The largest absolute Gasteiger partial charge is 0.466 e. The van der Waals surface area contributed by atoms with Crippen LogP contribution in [0.2, 0.25) is 0 Å². The first kappa shape index (κ1) is 15.4. The summed E-state index contributed by atoms with van der Waals surface area (Å²) in [5.74, 6) is 2.53. The van der Waals surface area contributed by atoms with Crippen molar-refractivity contribution in [3.63, 3.8) is 0 Å². The molecule has 21 heavy (non-hydrogen) atoms. The lowest BCUT2D eigenvalue weighted by molar-refractivity contribution is 0.499. The van der Waals surface area contributed by atoms with Crippen molar-refractivity contribution in [2.45, 2.75) is 47.2 Å². The number of furan rings is 1.